The highest BCUT2D eigenvalue weighted by molar-refractivity contribution is 7.89. The number of aliphatic hydroxyl groups excluding tert-OH is 1. The minimum Gasteiger partial charge on any atom is -0.501 e. The van der Waals surface area contributed by atoms with E-state index in [-0.39, 0.29) is 0 Å². The number of nitro groups is 1. The first-order valence-corrected chi connectivity index (χ1v) is 5.17. The molecule has 0 heterocycles. The smallest absolute Gasteiger partial charge is 0.411 e. The molecule has 0 aromatic heterocycles. The van der Waals surface area contributed by atoms with Crippen molar-refractivity contribution in [2.75, 3.05) is 0 Å². The van der Waals surface area contributed by atoms with Crippen LogP contribution in [0.4, 0.5) is 0 Å². The van der Waals surface area contributed by atoms with E-state index in [2.05, 4.69) is 4.79 Å². The monoisotopic (exact) mass is 247 g/mol. The number of allylic oxidation sites excluding steroid dienone is 2. The molecule has 16 heavy (non-hydrogen) atoms. The van der Waals surface area contributed by atoms with Gasteiger partial charge < -0.3 is 10.6 Å². The summed E-state index contributed by atoms with van der Waals surface area (Å²) < 4.78 is 30.3. The van der Waals surface area contributed by atoms with Gasteiger partial charge in [-0.05, 0) is 12.2 Å². The fourth-order valence-corrected chi connectivity index (χ4v) is 1.87. The van der Waals surface area contributed by atoms with Gasteiger partial charge in [0.25, 0.3) is 10.1 Å². The van der Waals surface area contributed by atoms with Crippen LogP contribution in [0.25, 0.3) is 5.53 Å². The lowest BCUT2D eigenvalue weighted by Gasteiger charge is -2.09. The van der Waals surface area contributed by atoms with E-state index in [0.717, 1.165) is 6.08 Å². The van der Waals surface area contributed by atoms with Gasteiger partial charge in [-0.1, -0.05) is 0 Å². The molecule has 2 N–H and O–H groups in total. The van der Waals surface area contributed by atoms with Crippen LogP contribution < -0.4 is 0 Å². The van der Waals surface area contributed by atoms with Crippen molar-refractivity contribution in [1.82, 2.24) is 0 Å². The third kappa shape index (κ3) is 1.98. The zero-order chi connectivity index (χ0) is 12.5. The van der Waals surface area contributed by atoms with E-state index < -0.39 is 37.5 Å². The maximum absolute atomic E-state index is 10.8. The molecule has 0 radical (unpaired) electrons. The van der Waals surface area contributed by atoms with Gasteiger partial charge in [-0.3, -0.25) is 14.7 Å². The molecule has 1 atom stereocenters. The van der Waals surface area contributed by atoms with Crippen LogP contribution in [0.3, 0.4) is 0 Å². The standard InChI is InChI=1S/C6H5N3O6S/c7-8-5-3(10)1-2-4(16(13,14)15)6(5)9(11)12/h1-2,6,10H,(H,13,14,15). The summed E-state index contributed by atoms with van der Waals surface area (Å²) in [5.74, 6) is -0.753. The summed E-state index contributed by atoms with van der Waals surface area (Å²) in [5, 5.41) is 19.7. The average molecular weight is 247 g/mol. The van der Waals surface area contributed by atoms with Gasteiger partial charge in [0.05, 0.1) is 0 Å². The molecule has 0 saturated carbocycles. The first-order chi connectivity index (χ1) is 7.29. The fraction of sp³-hybridized carbons (Fsp3) is 0.167. The van der Waals surface area contributed by atoms with Crippen LogP contribution in [0.5, 0.6) is 0 Å². The van der Waals surface area contributed by atoms with Crippen LogP contribution in [0.15, 0.2) is 22.8 Å². The Morgan fingerprint density at radius 2 is 2.06 bits per heavy atom. The van der Waals surface area contributed by atoms with Crippen LogP contribution in [0, 0.1) is 10.1 Å². The Hall–Kier alpha value is -2.03. The molecule has 86 valence electrons. The van der Waals surface area contributed by atoms with Crippen LogP contribution in [-0.4, -0.2) is 39.5 Å². The second-order valence-corrected chi connectivity index (χ2v) is 4.19. The third-order valence-corrected chi connectivity index (χ3v) is 2.77. The van der Waals surface area contributed by atoms with Crippen molar-refractivity contribution in [3.63, 3.8) is 0 Å². The molecule has 0 fully saturated rings. The van der Waals surface area contributed by atoms with E-state index in [1.807, 2.05) is 0 Å². The normalized spacial score (nSPS) is 20.8. The molecule has 0 bridgehead atoms. The highest BCUT2D eigenvalue weighted by atomic mass is 32.2. The summed E-state index contributed by atoms with van der Waals surface area (Å²) >= 11 is 0. The molecule has 0 spiro atoms. The molecule has 0 aromatic rings. The van der Waals surface area contributed by atoms with Crippen LogP contribution in [0.1, 0.15) is 0 Å². The lowest BCUT2D eigenvalue weighted by atomic mass is 10.1. The quantitative estimate of drug-likeness (QED) is 0.221. The first kappa shape index (κ1) is 12.0. The SMILES string of the molecule is [N-]=[N+]=C1C(O)=CC=C(S(=O)(=O)O)C1[N+](=O)[O-]. The molecule has 1 unspecified atom stereocenters. The largest absolute Gasteiger partial charge is 0.501 e. The van der Waals surface area contributed by atoms with E-state index in [9.17, 15) is 18.5 Å². The Bertz CT molecular complexity index is 553. The molecule has 0 aromatic carbocycles. The summed E-state index contributed by atoms with van der Waals surface area (Å²) in [6.07, 6.45) is 1.42. The van der Waals surface area contributed by atoms with Crippen molar-refractivity contribution in [3.05, 3.63) is 38.5 Å². The number of aliphatic hydroxyl groups is 1. The lowest BCUT2D eigenvalue weighted by Crippen LogP contribution is -2.38. The molecule has 1 aliphatic rings. The molecule has 10 heteroatoms. The number of nitrogens with zero attached hydrogens (tertiary/aromatic N) is 3. The predicted octanol–water partition coefficient (Wildman–Crippen LogP) is -0.470. The van der Waals surface area contributed by atoms with E-state index in [0.29, 0.717) is 6.08 Å². The lowest BCUT2D eigenvalue weighted by molar-refractivity contribution is -0.494. The van der Waals surface area contributed by atoms with E-state index in [1.54, 1.807) is 0 Å². The topological polar surface area (TPSA) is 154 Å². The molecular weight excluding hydrogens is 242 g/mol. The molecule has 1 aliphatic carbocycles. The van der Waals surface area contributed by atoms with E-state index in [4.69, 9.17) is 15.2 Å². The summed E-state index contributed by atoms with van der Waals surface area (Å²) in [5.41, 5.74) is 7.58. The van der Waals surface area contributed by atoms with Gasteiger partial charge in [0, 0.05) is 4.92 Å². The number of hydrogen-bond acceptors (Lipinski definition) is 5. The van der Waals surface area contributed by atoms with Crippen molar-refractivity contribution >= 4 is 15.8 Å². The molecule has 0 saturated heterocycles. The summed E-state index contributed by atoms with van der Waals surface area (Å²) in [6, 6.07) is -2.13. The second kappa shape index (κ2) is 3.85. The van der Waals surface area contributed by atoms with Crippen LogP contribution in [-0.2, 0) is 10.1 Å². The van der Waals surface area contributed by atoms with Gasteiger partial charge >= 0.3 is 11.8 Å². The molecule has 0 amide bonds. The highest BCUT2D eigenvalue weighted by Crippen LogP contribution is 2.21. The van der Waals surface area contributed by atoms with Crippen molar-refractivity contribution < 1.29 is 27.8 Å². The molecular formula is C6H5N3O6S. The van der Waals surface area contributed by atoms with E-state index in [1.165, 1.54) is 0 Å². The summed E-state index contributed by atoms with van der Waals surface area (Å²) in [4.78, 5) is 10.9. The van der Waals surface area contributed by atoms with Gasteiger partial charge in [-0.15, -0.1) is 0 Å². The van der Waals surface area contributed by atoms with Gasteiger partial charge in [-0.2, -0.15) is 13.2 Å². The number of hydrogen-bond donors (Lipinski definition) is 2. The Labute approximate surface area is 88.8 Å². The summed E-state index contributed by atoms with van der Waals surface area (Å²) in [7, 11) is -4.81. The minimum atomic E-state index is -4.81. The Morgan fingerprint density at radius 1 is 1.50 bits per heavy atom. The second-order valence-electron chi connectivity index (χ2n) is 2.77. The predicted molar refractivity (Wildman–Crippen MR) is 49.8 cm³/mol. The first-order valence-electron chi connectivity index (χ1n) is 3.73. The zero-order valence-corrected chi connectivity index (χ0v) is 8.33. The maximum Gasteiger partial charge on any atom is 0.411 e. The van der Waals surface area contributed by atoms with Gasteiger partial charge in [0.2, 0.25) is 5.76 Å². The molecule has 9 nitrogen and oxygen atoms in total. The summed E-state index contributed by atoms with van der Waals surface area (Å²) in [6.45, 7) is 0. The van der Waals surface area contributed by atoms with Crippen molar-refractivity contribution in [1.29, 1.82) is 0 Å². The Kier molecular flexibility index (Phi) is 2.90. The number of rotatable bonds is 2. The fourth-order valence-electron chi connectivity index (χ4n) is 1.15. The zero-order valence-electron chi connectivity index (χ0n) is 7.51. The molecule has 0 aliphatic heterocycles. The van der Waals surface area contributed by atoms with Crippen LogP contribution >= 0.6 is 0 Å². The maximum atomic E-state index is 10.8. The van der Waals surface area contributed by atoms with Gasteiger partial charge in [0.15, 0.2) is 4.91 Å². The Balaban J connectivity index is 3.50. The minimum absolute atomic E-state index is 0.660. The van der Waals surface area contributed by atoms with Gasteiger partial charge in [0.1, 0.15) is 0 Å². The average Bonchev–Trinajstić information content (AvgIpc) is 2.14. The van der Waals surface area contributed by atoms with E-state index >= 15 is 0 Å². The molecule has 1 rings (SSSR count). The van der Waals surface area contributed by atoms with Crippen molar-refractivity contribution in [3.8, 4) is 0 Å². The third-order valence-electron chi connectivity index (χ3n) is 1.81. The van der Waals surface area contributed by atoms with Crippen LogP contribution in [0.2, 0.25) is 0 Å². The van der Waals surface area contributed by atoms with Gasteiger partial charge in [-0.25, -0.2) is 0 Å². The van der Waals surface area contributed by atoms with Crippen molar-refractivity contribution in [2.24, 2.45) is 0 Å². The highest BCUT2D eigenvalue weighted by Gasteiger charge is 2.48. The Morgan fingerprint density at radius 3 is 2.44 bits per heavy atom. The van der Waals surface area contributed by atoms with Crippen molar-refractivity contribution in [2.45, 2.75) is 6.04 Å².